The van der Waals surface area contributed by atoms with Gasteiger partial charge in [-0.25, -0.2) is 17.2 Å². The molecular weight excluding hydrogens is 286 g/mol. The van der Waals surface area contributed by atoms with Crippen molar-refractivity contribution in [2.24, 2.45) is 5.73 Å². The molecule has 1 aliphatic rings. The highest BCUT2D eigenvalue weighted by atomic mass is 32.2. The predicted octanol–water partition coefficient (Wildman–Crippen LogP) is 1.99. The van der Waals surface area contributed by atoms with Gasteiger partial charge in [-0.05, 0) is 31.4 Å². The number of nitrogens with two attached hydrogens (primary N) is 1. The van der Waals surface area contributed by atoms with Crippen LogP contribution < -0.4 is 5.73 Å². The molecule has 0 aromatic heterocycles. The third kappa shape index (κ3) is 2.45. The first-order valence-electron chi connectivity index (χ1n) is 6.62. The highest BCUT2D eigenvalue weighted by Gasteiger charge is 2.36. The normalized spacial score (nSPS) is 20.5. The maximum atomic E-state index is 14.2. The van der Waals surface area contributed by atoms with Crippen molar-refractivity contribution in [3.05, 3.63) is 29.3 Å². The molecule has 0 radical (unpaired) electrons. The number of sulfonamides is 1. The highest BCUT2D eigenvalue weighted by Crippen LogP contribution is 2.30. The molecule has 1 fully saturated rings. The average Bonchev–Trinajstić information content (AvgIpc) is 2.88. The second-order valence-electron chi connectivity index (χ2n) is 4.86. The lowest BCUT2D eigenvalue weighted by molar-refractivity contribution is 0.376. The summed E-state index contributed by atoms with van der Waals surface area (Å²) in [5, 5.41) is 0. The Morgan fingerprint density at radius 3 is 2.70 bits per heavy atom. The fraction of sp³-hybridized carbons (Fsp3) is 0.538. The molecule has 2 rings (SSSR count). The van der Waals surface area contributed by atoms with E-state index in [0.717, 1.165) is 25.0 Å². The second-order valence-corrected chi connectivity index (χ2v) is 6.72. The molecule has 1 aliphatic heterocycles. The van der Waals surface area contributed by atoms with Crippen LogP contribution in [0.2, 0.25) is 0 Å². The van der Waals surface area contributed by atoms with Crippen molar-refractivity contribution in [2.45, 2.75) is 43.7 Å². The Labute approximate surface area is 117 Å². The molecule has 1 atom stereocenters. The summed E-state index contributed by atoms with van der Waals surface area (Å²) in [4.78, 5) is -0.486. The van der Waals surface area contributed by atoms with Crippen LogP contribution in [-0.4, -0.2) is 25.3 Å². The first-order chi connectivity index (χ1) is 9.43. The Hall–Kier alpha value is -1.05. The monoisotopic (exact) mass is 304 g/mol. The van der Waals surface area contributed by atoms with E-state index in [-0.39, 0.29) is 12.6 Å². The lowest BCUT2D eigenvalue weighted by Gasteiger charge is -2.23. The Balaban J connectivity index is 2.50. The molecule has 1 aromatic carbocycles. The number of halogens is 2. The zero-order chi connectivity index (χ0) is 14.9. The average molecular weight is 304 g/mol. The summed E-state index contributed by atoms with van der Waals surface area (Å²) in [6.45, 7) is 1.89. The summed E-state index contributed by atoms with van der Waals surface area (Å²) in [6.07, 6.45) is 2.19. The van der Waals surface area contributed by atoms with E-state index in [4.69, 9.17) is 5.73 Å². The van der Waals surface area contributed by atoms with Crippen molar-refractivity contribution in [3.63, 3.8) is 0 Å². The van der Waals surface area contributed by atoms with Crippen LogP contribution in [0.5, 0.6) is 0 Å². The van der Waals surface area contributed by atoms with Crippen LogP contribution in [0.1, 0.15) is 31.7 Å². The van der Waals surface area contributed by atoms with Gasteiger partial charge in [-0.2, -0.15) is 4.31 Å². The van der Waals surface area contributed by atoms with E-state index in [1.807, 2.05) is 6.92 Å². The number of rotatable bonds is 4. The third-order valence-corrected chi connectivity index (χ3v) is 5.71. The van der Waals surface area contributed by atoms with E-state index in [9.17, 15) is 17.2 Å². The maximum absolute atomic E-state index is 14.2. The Bertz CT molecular complexity index is 605. The van der Waals surface area contributed by atoms with E-state index in [1.165, 1.54) is 4.31 Å². The van der Waals surface area contributed by atoms with Crippen LogP contribution in [0.15, 0.2) is 17.0 Å². The SMILES string of the molecule is CCC1CCCN1S(=O)(=O)c1ccc(F)c(CN)c1F. The first kappa shape index (κ1) is 15.3. The summed E-state index contributed by atoms with van der Waals surface area (Å²) in [5.74, 6) is -1.90. The van der Waals surface area contributed by atoms with Gasteiger partial charge in [0.05, 0.1) is 0 Å². The standard InChI is InChI=1S/C13H18F2N2O2S/c1-2-9-4-3-7-17(9)20(18,19)12-6-5-11(14)10(8-16)13(12)15/h5-6,9H,2-4,7-8,16H2,1H3. The highest BCUT2D eigenvalue weighted by molar-refractivity contribution is 7.89. The quantitative estimate of drug-likeness (QED) is 0.925. The molecule has 20 heavy (non-hydrogen) atoms. The van der Waals surface area contributed by atoms with Gasteiger partial charge >= 0.3 is 0 Å². The van der Waals surface area contributed by atoms with Crippen molar-refractivity contribution < 1.29 is 17.2 Å². The minimum Gasteiger partial charge on any atom is -0.326 e. The molecule has 0 aliphatic carbocycles. The number of benzene rings is 1. The van der Waals surface area contributed by atoms with E-state index in [1.54, 1.807) is 0 Å². The first-order valence-corrected chi connectivity index (χ1v) is 8.06. The Morgan fingerprint density at radius 2 is 2.10 bits per heavy atom. The van der Waals surface area contributed by atoms with Crippen molar-refractivity contribution in [1.29, 1.82) is 0 Å². The molecule has 1 aromatic rings. The van der Waals surface area contributed by atoms with Crippen molar-refractivity contribution in [2.75, 3.05) is 6.54 Å². The van der Waals surface area contributed by atoms with Gasteiger partial charge in [-0.15, -0.1) is 0 Å². The number of hydrogen-bond donors (Lipinski definition) is 1. The Kier molecular flexibility index (Phi) is 4.41. The van der Waals surface area contributed by atoms with Crippen LogP contribution in [0.3, 0.4) is 0 Å². The molecular formula is C13H18F2N2O2S. The number of nitrogens with zero attached hydrogens (tertiary/aromatic N) is 1. The van der Waals surface area contributed by atoms with Gasteiger partial charge in [0, 0.05) is 24.7 Å². The van der Waals surface area contributed by atoms with Crippen LogP contribution in [-0.2, 0) is 16.6 Å². The lowest BCUT2D eigenvalue weighted by atomic mass is 10.2. The van der Waals surface area contributed by atoms with Crippen molar-refractivity contribution in [3.8, 4) is 0 Å². The molecule has 7 heteroatoms. The van der Waals surface area contributed by atoms with Gasteiger partial charge in [-0.3, -0.25) is 0 Å². The second kappa shape index (κ2) is 5.75. The predicted molar refractivity (Wildman–Crippen MR) is 71.5 cm³/mol. The fourth-order valence-corrected chi connectivity index (χ4v) is 4.48. The van der Waals surface area contributed by atoms with E-state index < -0.39 is 32.1 Å². The summed E-state index contributed by atoms with van der Waals surface area (Å²) < 4.78 is 54.0. The summed E-state index contributed by atoms with van der Waals surface area (Å²) in [5.41, 5.74) is 4.89. The van der Waals surface area contributed by atoms with Gasteiger partial charge in [0.2, 0.25) is 10.0 Å². The van der Waals surface area contributed by atoms with Gasteiger partial charge in [0.15, 0.2) is 5.82 Å². The zero-order valence-electron chi connectivity index (χ0n) is 11.3. The van der Waals surface area contributed by atoms with Crippen LogP contribution in [0.25, 0.3) is 0 Å². The molecule has 1 unspecified atom stereocenters. The maximum Gasteiger partial charge on any atom is 0.246 e. The minimum absolute atomic E-state index is 0.120. The Morgan fingerprint density at radius 1 is 1.40 bits per heavy atom. The zero-order valence-corrected chi connectivity index (χ0v) is 12.1. The molecule has 0 spiro atoms. The van der Waals surface area contributed by atoms with Gasteiger partial charge in [0.1, 0.15) is 10.7 Å². The van der Waals surface area contributed by atoms with Crippen LogP contribution in [0.4, 0.5) is 8.78 Å². The summed E-state index contributed by atoms with van der Waals surface area (Å²) in [7, 11) is -3.94. The number of hydrogen-bond acceptors (Lipinski definition) is 3. The fourth-order valence-electron chi connectivity index (χ4n) is 2.62. The van der Waals surface area contributed by atoms with Crippen molar-refractivity contribution >= 4 is 10.0 Å². The molecule has 1 heterocycles. The van der Waals surface area contributed by atoms with Crippen molar-refractivity contribution in [1.82, 2.24) is 4.31 Å². The molecule has 0 bridgehead atoms. The topological polar surface area (TPSA) is 63.4 Å². The van der Waals surface area contributed by atoms with E-state index in [0.29, 0.717) is 13.0 Å². The van der Waals surface area contributed by atoms with Crippen LogP contribution >= 0.6 is 0 Å². The largest absolute Gasteiger partial charge is 0.326 e. The minimum atomic E-state index is -3.94. The third-order valence-electron chi connectivity index (χ3n) is 3.74. The van der Waals surface area contributed by atoms with Gasteiger partial charge < -0.3 is 5.73 Å². The van der Waals surface area contributed by atoms with Gasteiger partial charge in [-0.1, -0.05) is 6.92 Å². The van der Waals surface area contributed by atoms with Gasteiger partial charge in [0.25, 0.3) is 0 Å². The molecule has 2 N–H and O–H groups in total. The molecule has 0 saturated carbocycles. The lowest BCUT2D eigenvalue weighted by Crippen LogP contribution is -2.35. The molecule has 1 saturated heterocycles. The van der Waals surface area contributed by atoms with Crippen LogP contribution in [0, 0.1) is 11.6 Å². The molecule has 112 valence electrons. The summed E-state index contributed by atoms with van der Waals surface area (Å²) >= 11 is 0. The van der Waals surface area contributed by atoms with E-state index in [2.05, 4.69) is 0 Å². The smallest absolute Gasteiger partial charge is 0.246 e. The molecule has 0 amide bonds. The summed E-state index contributed by atoms with van der Waals surface area (Å²) in [6, 6.07) is 1.81. The van der Waals surface area contributed by atoms with E-state index >= 15 is 0 Å². The molecule has 4 nitrogen and oxygen atoms in total.